The van der Waals surface area contributed by atoms with Crippen LogP contribution in [0.3, 0.4) is 0 Å². The Morgan fingerprint density at radius 1 is 1.32 bits per heavy atom. The molecule has 1 aliphatic heterocycles. The molecule has 114 valence electrons. The van der Waals surface area contributed by atoms with Crippen LogP contribution in [0.15, 0.2) is 24.9 Å². The van der Waals surface area contributed by atoms with E-state index in [1.807, 2.05) is 34.6 Å². The molecule has 1 heterocycles. The molecule has 0 saturated carbocycles. The predicted molar refractivity (Wildman–Crippen MR) is 86.3 cm³/mol. The highest BCUT2D eigenvalue weighted by Crippen LogP contribution is 2.27. The van der Waals surface area contributed by atoms with Gasteiger partial charge in [0.2, 0.25) is 0 Å². The molecule has 0 bridgehead atoms. The van der Waals surface area contributed by atoms with Gasteiger partial charge in [-0.3, -0.25) is 0 Å². The van der Waals surface area contributed by atoms with Crippen molar-refractivity contribution in [1.29, 1.82) is 0 Å². The van der Waals surface area contributed by atoms with Crippen molar-refractivity contribution in [2.45, 2.75) is 59.2 Å². The predicted octanol–water partition coefficient (Wildman–Crippen LogP) is 3.12. The number of hydrogen-bond acceptors (Lipinski definition) is 3. The van der Waals surface area contributed by atoms with E-state index in [0.29, 0.717) is 6.04 Å². The van der Waals surface area contributed by atoms with Gasteiger partial charge in [-0.15, -0.1) is 0 Å². The first kappa shape index (κ1) is 20.5. The van der Waals surface area contributed by atoms with Crippen molar-refractivity contribution >= 4 is 0 Å². The highest BCUT2D eigenvalue weighted by molar-refractivity contribution is 5.15. The molecule has 0 aromatic rings. The molecule has 0 aliphatic carbocycles. The maximum Gasteiger partial charge on any atom is 0.0730 e. The smallest absolute Gasteiger partial charge is 0.0730 e. The first-order valence-electron chi connectivity index (χ1n) is 7.41. The van der Waals surface area contributed by atoms with Crippen molar-refractivity contribution < 1.29 is 5.11 Å². The van der Waals surface area contributed by atoms with Gasteiger partial charge in [0, 0.05) is 18.3 Å². The average molecular weight is 270 g/mol. The van der Waals surface area contributed by atoms with Crippen LogP contribution in [0.25, 0.3) is 0 Å². The van der Waals surface area contributed by atoms with E-state index in [-0.39, 0.29) is 12.1 Å². The zero-order valence-corrected chi connectivity index (χ0v) is 14.0. The zero-order valence-electron chi connectivity index (χ0n) is 14.0. The number of nitrogens with zero attached hydrogens (tertiary/aromatic N) is 2. The van der Waals surface area contributed by atoms with Crippen LogP contribution in [0.2, 0.25) is 0 Å². The largest absolute Gasteiger partial charge is 0.391 e. The van der Waals surface area contributed by atoms with Crippen molar-refractivity contribution in [3.63, 3.8) is 0 Å². The zero-order chi connectivity index (χ0) is 15.6. The van der Waals surface area contributed by atoms with Crippen molar-refractivity contribution in [2.75, 3.05) is 20.6 Å². The molecule has 3 heteroatoms. The number of aliphatic hydroxyl groups excluding tert-OH is 1. The summed E-state index contributed by atoms with van der Waals surface area (Å²) in [6.07, 6.45) is 2.47. The van der Waals surface area contributed by atoms with Crippen LogP contribution < -0.4 is 0 Å². The Bertz CT molecular complexity index is 249. The molecule has 0 radical (unpaired) electrons. The molecule has 3 atom stereocenters. The van der Waals surface area contributed by atoms with Gasteiger partial charge in [-0.25, -0.2) is 0 Å². The summed E-state index contributed by atoms with van der Waals surface area (Å²) in [6, 6.07) is 0.521. The van der Waals surface area contributed by atoms with E-state index in [1.165, 1.54) is 0 Å². The average Bonchev–Trinajstić information content (AvgIpc) is 2.87. The second-order valence-corrected chi connectivity index (χ2v) is 4.44. The normalized spacial score (nSPS) is 22.9. The Labute approximate surface area is 120 Å². The maximum atomic E-state index is 9.84. The van der Waals surface area contributed by atoms with Crippen LogP contribution in [0.4, 0.5) is 0 Å². The highest BCUT2D eigenvalue weighted by Gasteiger charge is 2.38. The third-order valence-electron chi connectivity index (χ3n) is 3.18. The third-order valence-corrected chi connectivity index (χ3v) is 3.18. The molecule has 3 nitrogen and oxygen atoms in total. The Hall–Kier alpha value is -0.800. The van der Waals surface area contributed by atoms with E-state index in [4.69, 9.17) is 0 Å². The molecular weight excluding hydrogens is 236 g/mol. The van der Waals surface area contributed by atoms with E-state index in [9.17, 15) is 5.11 Å². The number of likely N-dealkylation sites (N-methyl/N-ethyl adjacent to an activating group) is 1. The summed E-state index contributed by atoms with van der Waals surface area (Å²) < 4.78 is 0. The van der Waals surface area contributed by atoms with E-state index in [2.05, 4.69) is 37.1 Å². The monoisotopic (exact) mass is 270 g/mol. The number of aliphatic hydroxyl groups is 1. The summed E-state index contributed by atoms with van der Waals surface area (Å²) >= 11 is 0. The number of likely N-dealkylation sites (tertiary alicyclic amines) is 1. The van der Waals surface area contributed by atoms with Crippen LogP contribution in [0, 0.1) is 0 Å². The lowest BCUT2D eigenvalue weighted by atomic mass is 10.0. The SMILES string of the molecule is C=CC(=C)N1CCC(N(C)C)C1C(C)O.CC.CC. The van der Waals surface area contributed by atoms with Gasteiger partial charge in [-0.1, -0.05) is 40.9 Å². The van der Waals surface area contributed by atoms with Gasteiger partial charge in [-0.05, 0) is 33.5 Å². The minimum Gasteiger partial charge on any atom is -0.391 e. The van der Waals surface area contributed by atoms with Gasteiger partial charge < -0.3 is 14.9 Å². The van der Waals surface area contributed by atoms with Gasteiger partial charge in [-0.2, -0.15) is 0 Å². The van der Waals surface area contributed by atoms with Crippen LogP contribution in [0.1, 0.15) is 41.0 Å². The Balaban J connectivity index is 0. The standard InChI is InChI=1S/C12H22N2O.2C2H6/c1-6-9(2)14-8-7-11(13(4)5)12(14)10(3)15;2*1-2/h6,10-12,15H,1-2,7-8H2,3-5H3;2*1-2H3. The second kappa shape index (κ2) is 11.1. The van der Waals surface area contributed by atoms with Gasteiger partial charge in [0.25, 0.3) is 0 Å². The highest BCUT2D eigenvalue weighted by atomic mass is 16.3. The van der Waals surface area contributed by atoms with E-state index in [0.717, 1.165) is 18.7 Å². The quantitative estimate of drug-likeness (QED) is 0.795. The molecular formula is C16H34N2O. The molecule has 1 saturated heterocycles. The van der Waals surface area contributed by atoms with Crippen LogP contribution in [-0.2, 0) is 0 Å². The topological polar surface area (TPSA) is 26.7 Å². The molecule has 0 aromatic heterocycles. The lowest BCUT2D eigenvalue weighted by Crippen LogP contribution is -2.47. The number of hydrogen-bond donors (Lipinski definition) is 1. The van der Waals surface area contributed by atoms with Gasteiger partial charge in [0.05, 0.1) is 12.1 Å². The maximum absolute atomic E-state index is 9.84. The molecule has 3 unspecified atom stereocenters. The Morgan fingerprint density at radius 2 is 1.79 bits per heavy atom. The van der Waals surface area contributed by atoms with Gasteiger partial charge in [0.1, 0.15) is 0 Å². The van der Waals surface area contributed by atoms with E-state index in [1.54, 1.807) is 6.08 Å². The fraction of sp³-hybridized carbons (Fsp3) is 0.750. The molecule has 0 aromatic carbocycles. The van der Waals surface area contributed by atoms with Crippen LogP contribution >= 0.6 is 0 Å². The van der Waals surface area contributed by atoms with Crippen molar-refractivity contribution in [2.24, 2.45) is 0 Å². The van der Waals surface area contributed by atoms with Crippen molar-refractivity contribution in [1.82, 2.24) is 9.80 Å². The van der Waals surface area contributed by atoms with Gasteiger partial charge >= 0.3 is 0 Å². The van der Waals surface area contributed by atoms with Crippen LogP contribution in [-0.4, -0.2) is 53.7 Å². The van der Waals surface area contributed by atoms with E-state index >= 15 is 0 Å². The number of rotatable bonds is 4. The fourth-order valence-electron chi connectivity index (χ4n) is 2.40. The molecule has 0 spiro atoms. The molecule has 1 fully saturated rings. The molecule has 1 N–H and O–H groups in total. The summed E-state index contributed by atoms with van der Waals surface area (Å²) in [6.45, 7) is 18.5. The summed E-state index contributed by atoms with van der Waals surface area (Å²) in [5.41, 5.74) is 0.908. The van der Waals surface area contributed by atoms with Gasteiger partial charge in [0.15, 0.2) is 0 Å². The lowest BCUT2D eigenvalue weighted by Gasteiger charge is -2.34. The first-order valence-corrected chi connectivity index (χ1v) is 7.41. The number of allylic oxidation sites excluding steroid dienone is 1. The van der Waals surface area contributed by atoms with Crippen molar-refractivity contribution in [3.8, 4) is 0 Å². The minimum absolute atomic E-state index is 0.130. The minimum atomic E-state index is -0.350. The third kappa shape index (κ3) is 5.79. The van der Waals surface area contributed by atoms with E-state index < -0.39 is 0 Å². The molecule has 1 aliphatic rings. The molecule has 19 heavy (non-hydrogen) atoms. The first-order chi connectivity index (χ1) is 8.99. The molecule has 1 rings (SSSR count). The lowest BCUT2D eigenvalue weighted by molar-refractivity contribution is 0.0708. The fourth-order valence-corrected chi connectivity index (χ4v) is 2.40. The van der Waals surface area contributed by atoms with Crippen LogP contribution in [0.5, 0.6) is 0 Å². The summed E-state index contributed by atoms with van der Waals surface area (Å²) in [5, 5.41) is 9.84. The summed E-state index contributed by atoms with van der Waals surface area (Å²) in [4.78, 5) is 4.33. The Morgan fingerprint density at radius 3 is 2.11 bits per heavy atom. The second-order valence-electron chi connectivity index (χ2n) is 4.44. The van der Waals surface area contributed by atoms with Crippen molar-refractivity contribution in [3.05, 3.63) is 24.9 Å². The molecule has 0 amide bonds. The summed E-state index contributed by atoms with van der Waals surface area (Å²) in [5.74, 6) is 0. The summed E-state index contributed by atoms with van der Waals surface area (Å²) in [7, 11) is 4.11. The Kier molecular flexibility index (Phi) is 11.9.